The molecule has 1 amide bonds. The zero-order chi connectivity index (χ0) is 20.2. The maximum absolute atomic E-state index is 13.0. The number of ether oxygens (including phenoxy) is 2. The van der Waals surface area contributed by atoms with Gasteiger partial charge in [-0.1, -0.05) is 18.2 Å². The molecule has 0 saturated carbocycles. The normalized spacial score (nSPS) is 24.3. The Morgan fingerprint density at radius 3 is 2.71 bits per heavy atom. The monoisotopic (exact) mass is 387 g/mol. The molecule has 2 aliphatic rings. The summed E-state index contributed by atoms with van der Waals surface area (Å²) in [6.07, 6.45) is 3.84. The summed E-state index contributed by atoms with van der Waals surface area (Å²) in [4.78, 5) is 26.6. The van der Waals surface area contributed by atoms with E-state index in [9.17, 15) is 14.7 Å². The lowest BCUT2D eigenvalue weighted by Crippen LogP contribution is -2.50. The molecule has 0 spiro atoms. The minimum Gasteiger partial charge on any atom is -0.494 e. The van der Waals surface area contributed by atoms with Crippen LogP contribution in [-0.4, -0.2) is 53.6 Å². The second-order valence-corrected chi connectivity index (χ2v) is 8.41. The molecule has 1 fully saturated rings. The van der Waals surface area contributed by atoms with Crippen molar-refractivity contribution in [3.63, 3.8) is 0 Å². The van der Waals surface area contributed by atoms with Gasteiger partial charge in [0, 0.05) is 31.0 Å². The molecule has 3 rings (SSSR count). The molecule has 0 aliphatic carbocycles. The molecule has 1 atom stereocenters. The summed E-state index contributed by atoms with van der Waals surface area (Å²) in [6, 6.07) is 9.56. The average Bonchev–Trinajstić information content (AvgIpc) is 2.67. The number of aliphatic hydroxyl groups is 1. The van der Waals surface area contributed by atoms with Gasteiger partial charge in [-0.25, -0.2) is 0 Å². The minimum absolute atomic E-state index is 0.0146. The molecule has 0 aromatic heterocycles. The number of para-hydroxylation sites is 1. The van der Waals surface area contributed by atoms with E-state index in [1.165, 1.54) is 6.08 Å². The Bertz CT molecular complexity index is 743. The molecule has 1 aromatic carbocycles. The van der Waals surface area contributed by atoms with Crippen molar-refractivity contribution in [1.82, 2.24) is 4.90 Å². The number of aliphatic hydroxyl groups excluding tert-OH is 1. The van der Waals surface area contributed by atoms with E-state index in [1.807, 2.05) is 30.3 Å². The predicted molar refractivity (Wildman–Crippen MR) is 105 cm³/mol. The number of likely N-dealkylation sites (tertiary alicyclic amines) is 1. The fraction of sp³-hybridized carbons (Fsp3) is 0.545. The minimum atomic E-state index is -0.676. The van der Waals surface area contributed by atoms with Crippen molar-refractivity contribution >= 4 is 11.7 Å². The Morgan fingerprint density at radius 1 is 1.29 bits per heavy atom. The lowest BCUT2D eigenvalue weighted by atomic mass is 9.78. The van der Waals surface area contributed by atoms with Gasteiger partial charge in [0.2, 0.25) is 0 Å². The number of carbonyl (C=O) groups excluding carboxylic acids is 2. The van der Waals surface area contributed by atoms with Crippen molar-refractivity contribution in [1.29, 1.82) is 0 Å². The number of nitrogens with zero attached hydrogens (tertiary/aromatic N) is 1. The van der Waals surface area contributed by atoms with E-state index in [0.717, 1.165) is 18.6 Å². The van der Waals surface area contributed by atoms with Gasteiger partial charge in [0.05, 0.1) is 13.2 Å². The quantitative estimate of drug-likeness (QED) is 0.812. The molecule has 0 radical (unpaired) electrons. The van der Waals surface area contributed by atoms with Crippen LogP contribution in [0.2, 0.25) is 0 Å². The van der Waals surface area contributed by atoms with E-state index < -0.39 is 11.0 Å². The summed E-state index contributed by atoms with van der Waals surface area (Å²) in [5.74, 6) is 0.528. The number of ketones is 1. The number of benzene rings is 1. The molecule has 1 aromatic rings. The van der Waals surface area contributed by atoms with Gasteiger partial charge in [-0.05, 0) is 45.2 Å². The van der Waals surface area contributed by atoms with Gasteiger partial charge in [0.15, 0.2) is 11.5 Å². The van der Waals surface area contributed by atoms with Crippen molar-refractivity contribution in [3.05, 3.63) is 42.2 Å². The van der Waals surface area contributed by atoms with Gasteiger partial charge >= 0.3 is 0 Å². The fourth-order valence-electron chi connectivity index (χ4n) is 3.94. The maximum Gasteiger partial charge on any atom is 0.289 e. The fourth-order valence-corrected chi connectivity index (χ4v) is 3.94. The third-order valence-electron chi connectivity index (χ3n) is 5.42. The first-order valence-corrected chi connectivity index (χ1v) is 9.84. The maximum atomic E-state index is 13.0. The summed E-state index contributed by atoms with van der Waals surface area (Å²) in [6.45, 7) is 5.09. The number of hydrogen-bond donors (Lipinski definition) is 1. The zero-order valence-electron chi connectivity index (χ0n) is 16.6. The van der Waals surface area contributed by atoms with Crippen LogP contribution >= 0.6 is 0 Å². The molecule has 152 valence electrons. The van der Waals surface area contributed by atoms with E-state index in [4.69, 9.17) is 9.47 Å². The molecule has 6 nitrogen and oxygen atoms in total. The molecular weight excluding hydrogens is 358 g/mol. The highest BCUT2D eigenvalue weighted by molar-refractivity contribution is 6.01. The van der Waals surface area contributed by atoms with E-state index in [1.54, 1.807) is 18.7 Å². The number of rotatable bonds is 6. The highest BCUT2D eigenvalue weighted by Gasteiger charge is 2.40. The molecule has 2 heterocycles. The van der Waals surface area contributed by atoms with Gasteiger partial charge in [0.1, 0.15) is 11.4 Å². The topological polar surface area (TPSA) is 76.1 Å². The van der Waals surface area contributed by atoms with Crippen LogP contribution in [0.15, 0.2) is 42.2 Å². The Kier molecular flexibility index (Phi) is 6.08. The SMILES string of the molecule is CC1(C)CC(=O)C=C(C(=O)N2CCC[C@@](CO)(CCOc3ccccc3)C2)O1. The number of allylic oxidation sites excluding steroid dienone is 1. The molecule has 2 aliphatic heterocycles. The highest BCUT2D eigenvalue weighted by Crippen LogP contribution is 2.35. The van der Waals surface area contributed by atoms with Crippen molar-refractivity contribution in [2.45, 2.75) is 45.1 Å². The van der Waals surface area contributed by atoms with Crippen molar-refractivity contribution in [2.24, 2.45) is 5.41 Å². The van der Waals surface area contributed by atoms with Crippen molar-refractivity contribution in [2.75, 3.05) is 26.3 Å². The van der Waals surface area contributed by atoms with Crippen LogP contribution in [0.3, 0.4) is 0 Å². The van der Waals surface area contributed by atoms with Gasteiger partial charge in [-0.3, -0.25) is 9.59 Å². The van der Waals surface area contributed by atoms with E-state index in [2.05, 4.69) is 0 Å². The molecule has 6 heteroatoms. The predicted octanol–water partition coefficient (Wildman–Crippen LogP) is 2.71. The number of amides is 1. The third kappa shape index (κ3) is 4.93. The summed E-state index contributed by atoms with van der Waals surface area (Å²) < 4.78 is 11.6. The summed E-state index contributed by atoms with van der Waals surface area (Å²) in [5.41, 5.74) is -1.08. The molecule has 0 unspecified atom stereocenters. The third-order valence-corrected chi connectivity index (χ3v) is 5.42. The van der Waals surface area contributed by atoms with Gasteiger partial charge in [-0.2, -0.15) is 0 Å². The lowest BCUT2D eigenvalue weighted by Gasteiger charge is -2.42. The van der Waals surface area contributed by atoms with Crippen LogP contribution in [0.25, 0.3) is 0 Å². The van der Waals surface area contributed by atoms with Crippen LogP contribution in [0.4, 0.5) is 0 Å². The average molecular weight is 387 g/mol. The van der Waals surface area contributed by atoms with Crippen LogP contribution in [0, 0.1) is 5.41 Å². The van der Waals surface area contributed by atoms with E-state index >= 15 is 0 Å². The number of carbonyl (C=O) groups is 2. The zero-order valence-corrected chi connectivity index (χ0v) is 16.6. The van der Waals surface area contributed by atoms with Gasteiger partial charge in [0.25, 0.3) is 5.91 Å². The smallest absolute Gasteiger partial charge is 0.289 e. The second-order valence-electron chi connectivity index (χ2n) is 8.41. The molecule has 0 bridgehead atoms. The Morgan fingerprint density at radius 2 is 2.04 bits per heavy atom. The molecule has 1 N–H and O–H groups in total. The first-order valence-electron chi connectivity index (χ1n) is 9.84. The van der Waals surface area contributed by atoms with Crippen LogP contribution < -0.4 is 4.74 Å². The number of piperidine rings is 1. The first kappa shape index (κ1) is 20.4. The van der Waals surface area contributed by atoms with Crippen molar-refractivity contribution in [3.8, 4) is 5.75 Å². The standard InChI is InChI=1S/C22H29NO5/c1-21(2)14-17(25)13-19(28-21)20(26)23-11-6-9-22(15-23,16-24)10-12-27-18-7-4-3-5-8-18/h3-5,7-8,13,24H,6,9-12,14-16H2,1-2H3/t22-/m1/s1. The Labute approximate surface area is 166 Å². The highest BCUT2D eigenvalue weighted by atomic mass is 16.5. The van der Waals surface area contributed by atoms with Crippen LogP contribution in [0.1, 0.15) is 39.5 Å². The van der Waals surface area contributed by atoms with E-state index in [0.29, 0.717) is 26.1 Å². The van der Waals surface area contributed by atoms with Crippen molar-refractivity contribution < 1.29 is 24.2 Å². The molecule has 28 heavy (non-hydrogen) atoms. The lowest BCUT2D eigenvalue weighted by molar-refractivity contribution is -0.141. The summed E-state index contributed by atoms with van der Waals surface area (Å²) >= 11 is 0. The molecular formula is C22H29NO5. The molecule has 1 saturated heterocycles. The van der Waals surface area contributed by atoms with Gasteiger partial charge < -0.3 is 19.5 Å². The number of hydrogen-bond acceptors (Lipinski definition) is 5. The van der Waals surface area contributed by atoms with E-state index in [-0.39, 0.29) is 30.5 Å². The van der Waals surface area contributed by atoms with Crippen LogP contribution in [0.5, 0.6) is 5.75 Å². The summed E-state index contributed by atoms with van der Waals surface area (Å²) in [5, 5.41) is 10.1. The van der Waals surface area contributed by atoms with Gasteiger partial charge in [-0.15, -0.1) is 0 Å². The van der Waals surface area contributed by atoms with Crippen LogP contribution in [-0.2, 0) is 14.3 Å². The largest absolute Gasteiger partial charge is 0.494 e. The Balaban J connectivity index is 1.64. The Hall–Kier alpha value is -2.34. The second kappa shape index (κ2) is 8.35. The summed E-state index contributed by atoms with van der Waals surface area (Å²) in [7, 11) is 0. The first-order chi connectivity index (χ1) is 13.3.